The quantitative estimate of drug-likeness (QED) is 0.355. The first-order valence-corrected chi connectivity index (χ1v) is 9.01. The van der Waals surface area contributed by atoms with E-state index in [1.165, 1.54) is 0 Å². The zero-order chi connectivity index (χ0) is 19.8. The van der Waals surface area contributed by atoms with Crippen molar-refractivity contribution in [1.29, 1.82) is 0 Å². The zero-order valence-corrected chi connectivity index (χ0v) is 15.9. The second kappa shape index (κ2) is 9.41. The number of pyridine rings is 1. The Labute approximate surface area is 164 Å². The Kier molecular flexibility index (Phi) is 6.46. The molecule has 0 unspecified atom stereocenters. The van der Waals surface area contributed by atoms with Crippen LogP contribution in [-0.2, 0) is 11.4 Å². The van der Waals surface area contributed by atoms with Crippen LogP contribution in [0.5, 0.6) is 17.4 Å². The predicted octanol–water partition coefficient (Wildman–Crippen LogP) is 4.50. The van der Waals surface area contributed by atoms with Crippen molar-refractivity contribution >= 4 is 5.84 Å². The first-order chi connectivity index (χ1) is 13.6. The Morgan fingerprint density at radius 1 is 1.00 bits per heavy atom. The summed E-state index contributed by atoms with van der Waals surface area (Å²) in [4.78, 5) is 9.67. The van der Waals surface area contributed by atoms with Crippen LogP contribution in [0, 0.1) is 0 Å². The highest BCUT2D eigenvalue weighted by Gasteiger charge is 2.10. The standard InChI is InChI=1S/C22H23N3O3/c1-16(2)27-19-11-6-8-17(14-19)15-26-25-21(23)20-12-7-13-24-22(20)28-18-9-4-3-5-10-18/h3-14,16H,15H2,1-2H3,(H2,23,25). The van der Waals surface area contributed by atoms with Gasteiger partial charge in [-0.05, 0) is 55.8 Å². The first-order valence-electron chi connectivity index (χ1n) is 9.01. The van der Waals surface area contributed by atoms with Crippen LogP contribution < -0.4 is 15.2 Å². The summed E-state index contributed by atoms with van der Waals surface area (Å²) in [5.41, 5.74) is 7.58. The summed E-state index contributed by atoms with van der Waals surface area (Å²) >= 11 is 0. The monoisotopic (exact) mass is 377 g/mol. The summed E-state index contributed by atoms with van der Waals surface area (Å²) in [6, 6.07) is 20.6. The Balaban J connectivity index is 1.67. The molecule has 28 heavy (non-hydrogen) atoms. The molecule has 0 fully saturated rings. The molecule has 0 atom stereocenters. The molecule has 3 aromatic rings. The average molecular weight is 377 g/mol. The highest BCUT2D eigenvalue weighted by molar-refractivity contribution is 5.99. The van der Waals surface area contributed by atoms with Gasteiger partial charge in [0.05, 0.1) is 11.7 Å². The van der Waals surface area contributed by atoms with Crippen LogP contribution in [0.4, 0.5) is 0 Å². The van der Waals surface area contributed by atoms with Gasteiger partial charge in [-0.2, -0.15) is 0 Å². The molecule has 1 heterocycles. The van der Waals surface area contributed by atoms with Crippen LogP contribution in [0.15, 0.2) is 78.1 Å². The number of hydrogen-bond donors (Lipinski definition) is 1. The van der Waals surface area contributed by atoms with Crippen LogP contribution in [0.25, 0.3) is 0 Å². The van der Waals surface area contributed by atoms with E-state index in [2.05, 4.69) is 10.1 Å². The van der Waals surface area contributed by atoms with Gasteiger partial charge < -0.3 is 20.0 Å². The molecule has 2 aromatic carbocycles. The second-order valence-electron chi connectivity index (χ2n) is 6.34. The zero-order valence-electron chi connectivity index (χ0n) is 15.9. The molecule has 0 radical (unpaired) electrons. The van der Waals surface area contributed by atoms with Gasteiger partial charge in [0.1, 0.15) is 18.1 Å². The summed E-state index contributed by atoms with van der Waals surface area (Å²) in [5, 5.41) is 4.02. The Bertz CT molecular complexity index is 927. The van der Waals surface area contributed by atoms with E-state index in [4.69, 9.17) is 20.0 Å². The van der Waals surface area contributed by atoms with Gasteiger partial charge >= 0.3 is 0 Å². The molecule has 0 spiro atoms. The summed E-state index contributed by atoms with van der Waals surface area (Å²) in [6.45, 7) is 4.24. The Morgan fingerprint density at radius 3 is 2.57 bits per heavy atom. The normalized spacial score (nSPS) is 11.3. The van der Waals surface area contributed by atoms with E-state index in [0.717, 1.165) is 11.3 Å². The third kappa shape index (κ3) is 5.48. The lowest BCUT2D eigenvalue weighted by Crippen LogP contribution is -2.15. The van der Waals surface area contributed by atoms with E-state index in [1.54, 1.807) is 18.3 Å². The predicted molar refractivity (Wildman–Crippen MR) is 108 cm³/mol. The van der Waals surface area contributed by atoms with Gasteiger partial charge in [0.15, 0.2) is 5.84 Å². The Morgan fingerprint density at radius 2 is 1.79 bits per heavy atom. The van der Waals surface area contributed by atoms with Crippen molar-refractivity contribution in [3.05, 3.63) is 84.1 Å². The lowest BCUT2D eigenvalue weighted by molar-refractivity contribution is 0.130. The fourth-order valence-corrected chi connectivity index (χ4v) is 2.47. The lowest BCUT2D eigenvalue weighted by atomic mass is 10.2. The van der Waals surface area contributed by atoms with Crippen LogP contribution in [0.3, 0.4) is 0 Å². The highest BCUT2D eigenvalue weighted by atomic mass is 16.6. The van der Waals surface area contributed by atoms with E-state index in [9.17, 15) is 0 Å². The number of rotatable bonds is 8. The van der Waals surface area contributed by atoms with Crippen molar-refractivity contribution in [2.24, 2.45) is 10.9 Å². The molecule has 6 nitrogen and oxygen atoms in total. The number of oxime groups is 1. The number of ether oxygens (including phenoxy) is 2. The van der Waals surface area contributed by atoms with Crippen molar-refractivity contribution < 1.29 is 14.3 Å². The number of benzene rings is 2. The fraction of sp³-hybridized carbons (Fsp3) is 0.182. The number of para-hydroxylation sites is 1. The van der Waals surface area contributed by atoms with Gasteiger partial charge in [-0.1, -0.05) is 35.5 Å². The van der Waals surface area contributed by atoms with Crippen molar-refractivity contribution in [2.75, 3.05) is 0 Å². The molecular formula is C22H23N3O3. The first kappa shape index (κ1) is 19.2. The molecule has 6 heteroatoms. The third-order valence-electron chi connectivity index (χ3n) is 3.67. The number of nitrogens with two attached hydrogens (primary N) is 1. The van der Waals surface area contributed by atoms with Crippen LogP contribution in [0.2, 0.25) is 0 Å². The second-order valence-corrected chi connectivity index (χ2v) is 6.34. The van der Waals surface area contributed by atoms with Gasteiger partial charge in [-0.15, -0.1) is 0 Å². The minimum absolute atomic E-state index is 0.110. The van der Waals surface area contributed by atoms with Crippen molar-refractivity contribution in [3.8, 4) is 17.4 Å². The van der Waals surface area contributed by atoms with Gasteiger partial charge in [0, 0.05) is 6.20 Å². The van der Waals surface area contributed by atoms with Gasteiger partial charge in [-0.25, -0.2) is 4.98 Å². The smallest absolute Gasteiger partial charge is 0.230 e. The topological polar surface area (TPSA) is 79.0 Å². The minimum atomic E-state index is 0.110. The fourth-order valence-electron chi connectivity index (χ4n) is 2.47. The number of nitrogens with zero attached hydrogens (tertiary/aromatic N) is 2. The minimum Gasteiger partial charge on any atom is -0.491 e. The number of aromatic nitrogens is 1. The van der Waals surface area contributed by atoms with Crippen molar-refractivity contribution in [2.45, 2.75) is 26.6 Å². The number of amidine groups is 1. The summed E-state index contributed by atoms with van der Waals surface area (Å²) < 4.78 is 11.5. The van der Waals surface area contributed by atoms with E-state index < -0.39 is 0 Å². The van der Waals surface area contributed by atoms with Gasteiger partial charge in [-0.3, -0.25) is 0 Å². The molecule has 0 saturated heterocycles. The van der Waals surface area contributed by atoms with Crippen LogP contribution >= 0.6 is 0 Å². The molecule has 2 N–H and O–H groups in total. The van der Waals surface area contributed by atoms with E-state index in [1.807, 2.05) is 68.4 Å². The lowest BCUT2D eigenvalue weighted by Gasteiger charge is -2.11. The summed E-state index contributed by atoms with van der Waals surface area (Å²) in [6.07, 6.45) is 1.74. The summed E-state index contributed by atoms with van der Waals surface area (Å²) in [5.74, 6) is 2.01. The molecule has 0 saturated carbocycles. The maximum absolute atomic E-state index is 6.09. The molecular weight excluding hydrogens is 354 g/mol. The molecule has 3 rings (SSSR count). The SMILES string of the molecule is CC(C)Oc1cccc(CO/N=C(/N)c2cccnc2Oc2ccccc2)c1. The van der Waals surface area contributed by atoms with E-state index >= 15 is 0 Å². The molecule has 0 bridgehead atoms. The Hall–Kier alpha value is -3.54. The molecule has 0 aliphatic rings. The van der Waals surface area contributed by atoms with E-state index in [0.29, 0.717) is 17.2 Å². The molecule has 144 valence electrons. The third-order valence-corrected chi connectivity index (χ3v) is 3.67. The maximum Gasteiger partial charge on any atom is 0.230 e. The van der Waals surface area contributed by atoms with E-state index in [-0.39, 0.29) is 18.5 Å². The van der Waals surface area contributed by atoms with Crippen molar-refractivity contribution in [1.82, 2.24) is 4.98 Å². The largest absolute Gasteiger partial charge is 0.491 e. The van der Waals surface area contributed by atoms with Crippen LogP contribution in [0.1, 0.15) is 25.0 Å². The maximum atomic E-state index is 6.09. The number of hydrogen-bond acceptors (Lipinski definition) is 5. The van der Waals surface area contributed by atoms with Gasteiger partial charge in [0.25, 0.3) is 0 Å². The molecule has 0 amide bonds. The van der Waals surface area contributed by atoms with Gasteiger partial charge in [0.2, 0.25) is 5.88 Å². The molecule has 0 aliphatic carbocycles. The van der Waals surface area contributed by atoms with Crippen molar-refractivity contribution in [3.63, 3.8) is 0 Å². The van der Waals surface area contributed by atoms with Crippen LogP contribution in [-0.4, -0.2) is 16.9 Å². The molecule has 1 aromatic heterocycles. The molecule has 0 aliphatic heterocycles. The summed E-state index contributed by atoms with van der Waals surface area (Å²) in [7, 11) is 0. The average Bonchev–Trinajstić information content (AvgIpc) is 2.69. The highest BCUT2D eigenvalue weighted by Crippen LogP contribution is 2.22.